The molecule has 6 heteroatoms. The van der Waals surface area contributed by atoms with Gasteiger partial charge >= 0.3 is 6.03 Å². The van der Waals surface area contributed by atoms with Crippen molar-refractivity contribution in [1.82, 2.24) is 10.3 Å². The van der Waals surface area contributed by atoms with Crippen molar-refractivity contribution in [3.05, 3.63) is 90.1 Å². The predicted molar refractivity (Wildman–Crippen MR) is 123 cm³/mol. The van der Waals surface area contributed by atoms with Gasteiger partial charge in [-0.25, -0.2) is 4.79 Å². The van der Waals surface area contributed by atoms with Gasteiger partial charge in [0.15, 0.2) is 11.5 Å². The van der Waals surface area contributed by atoms with E-state index < -0.39 is 0 Å². The summed E-state index contributed by atoms with van der Waals surface area (Å²) in [6.07, 6.45) is 1.99. The van der Waals surface area contributed by atoms with Gasteiger partial charge in [-0.1, -0.05) is 48.5 Å². The van der Waals surface area contributed by atoms with E-state index in [0.717, 1.165) is 27.7 Å². The molecule has 1 unspecified atom stereocenters. The summed E-state index contributed by atoms with van der Waals surface area (Å²) in [6.45, 7) is 0.379. The SMILES string of the molecule is COc1cccc(C(CNC(=O)Nc2ccccc2)c2c[nH]c3ccccc23)c1OC. The highest BCUT2D eigenvalue weighted by molar-refractivity contribution is 5.89. The average Bonchev–Trinajstić information content (AvgIpc) is 3.23. The fourth-order valence-electron chi connectivity index (χ4n) is 3.85. The van der Waals surface area contributed by atoms with E-state index in [-0.39, 0.29) is 11.9 Å². The Hall–Kier alpha value is -3.93. The van der Waals surface area contributed by atoms with Crippen LogP contribution in [0.2, 0.25) is 0 Å². The number of nitrogens with one attached hydrogen (secondary N) is 3. The second-order valence-corrected chi connectivity index (χ2v) is 7.13. The lowest BCUT2D eigenvalue weighted by Gasteiger charge is -2.22. The van der Waals surface area contributed by atoms with Crippen LogP contribution in [0.3, 0.4) is 0 Å². The second-order valence-electron chi connectivity index (χ2n) is 7.13. The summed E-state index contributed by atoms with van der Waals surface area (Å²) in [6, 6.07) is 23.0. The molecule has 3 N–H and O–H groups in total. The quantitative estimate of drug-likeness (QED) is 0.391. The van der Waals surface area contributed by atoms with Crippen LogP contribution in [0.4, 0.5) is 10.5 Å². The topological polar surface area (TPSA) is 75.4 Å². The van der Waals surface area contributed by atoms with E-state index in [0.29, 0.717) is 18.0 Å². The molecular weight excluding hydrogens is 390 g/mol. The molecule has 1 heterocycles. The van der Waals surface area contributed by atoms with Gasteiger partial charge in [-0.3, -0.25) is 0 Å². The zero-order valence-corrected chi connectivity index (χ0v) is 17.5. The summed E-state index contributed by atoms with van der Waals surface area (Å²) >= 11 is 0. The molecule has 0 aliphatic carbocycles. The van der Waals surface area contributed by atoms with Gasteiger partial charge in [0.05, 0.1) is 14.2 Å². The summed E-state index contributed by atoms with van der Waals surface area (Å²) in [5, 5.41) is 6.98. The zero-order chi connectivity index (χ0) is 21.6. The van der Waals surface area contributed by atoms with Gasteiger partial charge in [0.25, 0.3) is 0 Å². The van der Waals surface area contributed by atoms with Crippen molar-refractivity contribution < 1.29 is 14.3 Å². The maximum atomic E-state index is 12.6. The van der Waals surface area contributed by atoms with Crippen molar-refractivity contribution in [3.63, 3.8) is 0 Å². The highest BCUT2D eigenvalue weighted by Crippen LogP contribution is 2.40. The Labute approximate surface area is 181 Å². The van der Waals surface area contributed by atoms with E-state index in [2.05, 4.69) is 21.7 Å². The molecule has 4 aromatic rings. The van der Waals surface area contributed by atoms with E-state index in [1.54, 1.807) is 14.2 Å². The van der Waals surface area contributed by atoms with Crippen LogP contribution in [0.5, 0.6) is 11.5 Å². The number of anilines is 1. The van der Waals surface area contributed by atoms with Crippen LogP contribution in [-0.4, -0.2) is 31.8 Å². The first-order chi connectivity index (χ1) is 15.2. The fourth-order valence-corrected chi connectivity index (χ4v) is 3.85. The molecule has 3 aromatic carbocycles. The molecule has 158 valence electrons. The summed E-state index contributed by atoms with van der Waals surface area (Å²) in [7, 11) is 3.25. The molecule has 4 rings (SSSR count). The Morgan fingerprint density at radius 2 is 1.68 bits per heavy atom. The smallest absolute Gasteiger partial charge is 0.319 e. The molecule has 0 aliphatic heterocycles. The second kappa shape index (κ2) is 9.26. The van der Waals surface area contributed by atoms with E-state index in [1.165, 1.54) is 0 Å². The van der Waals surface area contributed by atoms with Gasteiger partial charge in [-0.05, 0) is 29.8 Å². The van der Waals surface area contributed by atoms with E-state index in [4.69, 9.17) is 9.47 Å². The largest absolute Gasteiger partial charge is 0.493 e. The lowest BCUT2D eigenvalue weighted by Crippen LogP contribution is -2.32. The number of aromatic amines is 1. The highest BCUT2D eigenvalue weighted by atomic mass is 16.5. The number of methoxy groups -OCH3 is 2. The third-order valence-electron chi connectivity index (χ3n) is 5.30. The molecule has 0 radical (unpaired) electrons. The molecule has 0 spiro atoms. The third kappa shape index (κ3) is 4.33. The number of rotatable bonds is 7. The minimum absolute atomic E-state index is 0.150. The van der Waals surface area contributed by atoms with Crippen LogP contribution < -0.4 is 20.1 Å². The summed E-state index contributed by atoms with van der Waals surface area (Å²) in [4.78, 5) is 15.9. The van der Waals surface area contributed by atoms with Crippen LogP contribution in [-0.2, 0) is 0 Å². The van der Waals surface area contributed by atoms with Gasteiger partial charge in [0.1, 0.15) is 0 Å². The number of H-pyrrole nitrogens is 1. The van der Waals surface area contributed by atoms with Crippen molar-refractivity contribution in [2.24, 2.45) is 0 Å². The molecule has 1 aromatic heterocycles. The number of carbonyl (C=O) groups excluding carboxylic acids is 1. The molecule has 6 nitrogen and oxygen atoms in total. The van der Waals surface area contributed by atoms with Crippen LogP contribution >= 0.6 is 0 Å². The first-order valence-electron chi connectivity index (χ1n) is 10.1. The summed E-state index contributed by atoms with van der Waals surface area (Å²) in [5.41, 5.74) is 3.79. The molecule has 1 atom stereocenters. The molecule has 0 fully saturated rings. The molecule has 0 saturated carbocycles. The van der Waals surface area contributed by atoms with Crippen molar-refractivity contribution >= 4 is 22.6 Å². The first-order valence-corrected chi connectivity index (χ1v) is 10.1. The van der Waals surface area contributed by atoms with Crippen molar-refractivity contribution in [3.8, 4) is 11.5 Å². The van der Waals surface area contributed by atoms with Gasteiger partial charge in [0.2, 0.25) is 0 Å². The van der Waals surface area contributed by atoms with Crippen molar-refractivity contribution in [1.29, 1.82) is 0 Å². The van der Waals surface area contributed by atoms with Gasteiger partial charge in [0, 0.05) is 40.8 Å². The number of fused-ring (bicyclic) bond motifs is 1. The van der Waals surface area contributed by atoms with E-state index in [9.17, 15) is 4.79 Å². The number of hydrogen-bond acceptors (Lipinski definition) is 3. The van der Waals surface area contributed by atoms with Gasteiger partial charge in [-0.2, -0.15) is 0 Å². The third-order valence-corrected chi connectivity index (χ3v) is 5.30. The molecule has 0 bridgehead atoms. The van der Waals surface area contributed by atoms with Gasteiger partial charge in [-0.15, -0.1) is 0 Å². The van der Waals surface area contributed by atoms with Gasteiger partial charge < -0.3 is 25.1 Å². The van der Waals surface area contributed by atoms with E-state index in [1.807, 2.05) is 72.9 Å². The predicted octanol–water partition coefficient (Wildman–Crippen LogP) is 5.14. The van der Waals surface area contributed by atoms with Crippen LogP contribution in [0, 0.1) is 0 Å². The van der Waals surface area contributed by atoms with Crippen LogP contribution in [0.15, 0.2) is 79.0 Å². The van der Waals surface area contributed by atoms with Crippen molar-refractivity contribution in [2.75, 3.05) is 26.1 Å². The van der Waals surface area contributed by atoms with E-state index >= 15 is 0 Å². The monoisotopic (exact) mass is 415 g/mol. The maximum absolute atomic E-state index is 12.6. The highest BCUT2D eigenvalue weighted by Gasteiger charge is 2.24. The Bertz CT molecular complexity index is 1170. The molecule has 0 saturated heterocycles. The number of amides is 2. The first kappa shape index (κ1) is 20.3. The Morgan fingerprint density at radius 3 is 2.45 bits per heavy atom. The Balaban J connectivity index is 1.68. The minimum Gasteiger partial charge on any atom is -0.493 e. The number of urea groups is 1. The van der Waals surface area contributed by atoms with Crippen molar-refractivity contribution in [2.45, 2.75) is 5.92 Å². The van der Waals surface area contributed by atoms with Crippen LogP contribution in [0.25, 0.3) is 10.9 Å². The molecule has 2 amide bonds. The normalized spacial score (nSPS) is 11.7. The Morgan fingerprint density at radius 1 is 0.903 bits per heavy atom. The fraction of sp³-hybridized carbons (Fsp3) is 0.160. The number of para-hydroxylation sites is 3. The number of carbonyl (C=O) groups is 1. The zero-order valence-electron chi connectivity index (χ0n) is 17.5. The molecule has 0 aliphatic rings. The lowest BCUT2D eigenvalue weighted by molar-refractivity contribution is 0.251. The molecule has 31 heavy (non-hydrogen) atoms. The summed E-state index contributed by atoms with van der Waals surface area (Å²) in [5.74, 6) is 1.16. The number of aromatic nitrogens is 1. The Kier molecular flexibility index (Phi) is 6.08. The summed E-state index contributed by atoms with van der Waals surface area (Å²) < 4.78 is 11.2. The average molecular weight is 415 g/mol. The standard InChI is InChI=1S/C25H25N3O3/c1-30-23-14-8-12-19(24(23)31-2)21(20-15-26-22-13-7-6-11-18(20)22)16-27-25(29)28-17-9-4-3-5-10-17/h3-15,21,26H,16H2,1-2H3,(H2,27,28,29). The van der Waals surface area contributed by atoms with Crippen LogP contribution in [0.1, 0.15) is 17.0 Å². The number of ether oxygens (including phenoxy) is 2. The lowest BCUT2D eigenvalue weighted by atomic mass is 9.90. The minimum atomic E-state index is -0.266. The number of benzene rings is 3. The number of hydrogen-bond donors (Lipinski definition) is 3. The maximum Gasteiger partial charge on any atom is 0.319 e. The molecular formula is C25H25N3O3.